The molecule has 1 aromatic rings. The first kappa shape index (κ1) is 17.1. The highest BCUT2D eigenvalue weighted by molar-refractivity contribution is 5.97. The second-order valence-electron chi connectivity index (χ2n) is 5.21. The van der Waals surface area contributed by atoms with E-state index < -0.39 is 11.7 Å². The van der Waals surface area contributed by atoms with Crippen LogP contribution in [0.4, 0.5) is 10.1 Å². The molecule has 1 aromatic carbocycles. The Morgan fingerprint density at radius 2 is 2.00 bits per heavy atom. The minimum atomic E-state index is -0.600. The van der Waals surface area contributed by atoms with Gasteiger partial charge in [0, 0.05) is 25.1 Å². The van der Waals surface area contributed by atoms with Crippen LogP contribution < -0.4 is 10.6 Å². The molecule has 1 atom stereocenters. The van der Waals surface area contributed by atoms with E-state index in [1.165, 1.54) is 19.1 Å². The number of anilines is 1. The topological polar surface area (TPSA) is 78.4 Å². The second kappa shape index (κ2) is 7.73. The number of rotatable bonds is 6. The van der Waals surface area contributed by atoms with Crippen LogP contribution in [0.3, 0.4) is 0 Å². The van der Waals surface area contributed by atoms with Crippen LogP contribution in [0.1, 0.15) is 37.6 Å². The summed E-state index contributed by atoms with van der Waals surface area (Å²) in [6, 6.07) is 3.61. The lowest BCUT2D eigenvalue weighted by Gasteiger charge is -2.21. The van der Waals surface area contributed by atoms with Crippen LogP contribution >= 0.6 is 0 Å². The summed E-state index contributed by atoms with van der Waals surface area (Å²) in [6.07, 6.45) is 0.448. The standard InChI is InChI=1S/C15H21FN2O3/c1-9(2)13(6-7-19)18-15(21)11-4-5-12(16)14(8-11)17-10(3)20/h4-5,8-9,13,19H,6-7H2,1-3H3,(H,17,20)(H,18,21). The van der Waals surface area contributed by atoms with Gasteiger partial charge in [0.2, 0.25) is 5.91 Å². The fourth-order valence-corrected chi connectivity index (χ4v) is 1.91. The molecular formula is C15H21FN2O3. The first-order valence-electron chi connectivity index (χ1n) is 6.84. The summed E-state index contributed by atoms with van der Waals surface area (Å²) in [5.41, 5.74) is 0.224. The highest BCUT2D eigenvalue weighted by Crippen LogP contribution is 2.17. The minimum absolute atomic E-state index is 0.0241. The van der Waals surface area contributed by atoms with Crippen molar-refractivity contribution < 1.29 is 19.1 Å². The molecule has 0 saturated heterocycles. The third-order valence-electron chi connectivity index (χ3n) is 3.10. The van der Waals surface area contributed by atoms with Gasteiger partial charge in [-0.3, -0.25) is 9.59 Å². The third kappa shape index (κ3) is 5.15. The summed E-state index contributed by atoms with van der Waals surface area (Å²) in [5, 5.41) is 14.1. The molecule has 2 amide bonds. The van der Waals surface area contributed by atoms with E-state index in [1.807, 2.05) is 13.8 Å². The van der Waals surface area contributed by atoms with E-state index in [9.17, 15) is 14.0 Å². The Morgan fingerprint density at radius 1 is 1.33 bits per heavy atom. The molecule has 3 N–H and O–H groups in total. The number of aliphatic hydroxyl groups is 1. The summed E-state index contributed by atoms with van der Waals surface area (Å²) in [7, 11) is 0. The summed E-state index contributed by atoms with van der Waals surface area (Å²) in [4.78, 5) is 23.1. The number of hydrogen-bond donors (Lipinski definition) is 3. The van der Waals surface area contributed by atoms with Crippen LogP contribution in [0.25, 0.3) is 0 Å². The number of aliphatic hydroxyl groups excluding tert-OH is 1. The zero-order valence-electron chi connectivity index (χ0n) is 12.4. The molecule has 0 aromatic heterocycles. The molecule has 0 radical (unpaired) electrons. The van der Waals surface area contributed by atoms with Crippen molar-refractivity contribution in [2.75, 3.05) is 11.9 Å². The van der Waals surface area contributed by atoms with Gasteiger partial charge in [-0.25, -0.2) is 4.39 Å². The Hall–Kier alpha value is -1.95. The number of carbonyl (C=O) groups is 2. The largest absolute Gasteiger partial charge is 0.396 e. The SMILES string of the molecule is CC(=O)Nc1cc(C(=O)NC(CCO)C(C)C)ccc1F. The molecule has 0 spiro atoms. The summed E-state index contributed by atoms with van der Waals surface area (Å²) in [5.74, 6) is -1.21. The predicted molar refractivity (Wildman–Crippen MR) is 78.5 cm³/mol. The number of amides is 2. The van der Waals surface area contributed by atoms with Crippen LogP contribution in [-0.2, 0) is 4.79 Å². The minimum Gasteiger partial charge on any atom is -0.396 e. The van der Waals surface area contributed by atoms with Gasteiger partial charge in [-0.15, -0.1) is 0 Å². The van der Waals surface area contributed by atoms with Crippen molar-refractivity contribution >= 4 is 17.5 Å². The highest BCUT2D eigenvalue weighted by Gasteiger charge is 2.17. The van der Waals surface area contributed by atoms with Crippen molar-refractivity contribution in [3.63, 3.8) is 0 Å². The van der Waals surface area contributed by atoms with Crippen LogP contribution in [-0.4, -0.2) is 29.6 Å². The van der Waals surface area contributed by atoms with Gasteiger partial charge >= 0.3 is 0 Å². The van der Waals surface area contributed by atoms with Gasteiger partial charge in [0.15, 0.2) is 0 Å². The van der Waals surface area contributed by atoms with Crippen LogP contribution in [0, 0.1) is 11.7 Å². The zero-order chi connectivity index (χ0) is 16.0. The first-order valence-corrected chi connectivity index (χ1v) is 6.84. The molecule has 0 aliphatic rings. The lowest BCUT2D eigenvalue weighted by molar-refractivity contribution is -0.114. The van der Waals surface area contributed by atoms with E-state index in [4.69, 9.17) is 5.11 Å². The molecule has 1 unspecified atom stereocenters. The van der Waals surface area contributed by atoms with Crippen molar-refractivity contribution in [2.45, 2.75) is 33.2 Å². The zero-order valence-corrected chi connectivity index (χ0v) is 12.4. The lowest BCUT2D eigenvalue weighted by atomic mass is 10.0. The molecule has 116 valence electrons. The summed E-state index contributed by atoms with van der Waals surface area (Å²) in [6.45, 7) is 5.12. The van der Waals surface area contributed by atoms with Gasteiger partial charge in [0.05, 0.1) is 5.69 Å². The van der Waals surface area contributed by atoms with E-state index in [-0.39, 0.29) is 35.7 Å². The number of hydrogen-bond acceptors (Lipinski definition) is 3. The predicted octanol–water partition coefficient (Wildman–Crippen LogP) is 1.92. The Labute approximate surface area is 123 Å². The van der Waals surface area contributed by atoms with Crippen molar-refractivity contribution in [3.05, 3.63) is 29.6 Å². The van der Waals surface area contributed by atoms with E-state index in [0.29, 0.717) is 6.42 Å². The molecule has 0 saturated carbocycles. The molecule has 0 heterocycles. The maximum Gasteiger partial charge on any atom is 0.251 e. The average Bonchev–Trinajstić information content (AvgIpc) is 2.40. The van der Waals surface area contributed by atoms with Gasteiger partial charge in [0.25, 0.3) is 5.91 Å². The quantitative estimate of drug-likeness (QED) is 0.750. The highest BCUT2D eigenvalue weighted by atomic mass is 19.1. The van der Waals surface area contributed by atoms with Gasteiger partial charge in [0.1, 0.15) is 5.82 Å². The maximum absolute atomic E-state index is 13.5. The van der Waals surface area contributed by atoms with Crippen LogP contribution in [0.5, 0.6) is 0 Å². The Morgan fingerprint density at radius 3 is 2.52 bits per heavy atom. The normalized spacial score (nSPS) is 12.1. The van der Waals surface area contributed by atoms with Crippen molar-refractivity contribution in [2.24, 2.45) is 5.92 Å². The van der Waals surface area contributed by atoms with Crippen LogP contribution in [0.2, 0.25) is 0 Å². The van der Waals surface area contributed by atoms with E-state index in [0.717, 1.165) is 6.07 Å². The lowest BCUT2D eigenvalue weighted by Crippen LogP contribution is -2.39. The Balaban J connectivity index is 2.89. The van der Waals surface area contributed by atoms with Gasteiger partial charge in [-0.2, -0.15) is 0 Å². The Bertz CT molecular complexity index is 518. The fourth-order valence-electron chi connectivity index (χ4n) is 1.91. The number of benzene rings is 1. The molecular weight excluding hydrogens is 275 g/mol. The molecule has 21 heavy (non-hydrogen) atoms. The molecule has 0 aliphatic carbocycles. The summed E-state index contributed by atoms with van der Waals surface area (Å²) >= 11 is 0. The maximum atomic E-state index is 13.5. The molecule has 5 nitrogen and oxygen atoms in total. The molecule has 6 heteroatoms. The summed E-state index contributed by atoms with van der Waals surface area (Å²) < 4.78 is 13.5. The molecule has 0 fully saturated rings. The van der Waals surface area contributed by atoms with Crippen molar-refractivity contribution in [1.82, 2.24) is 5.32 Å². The van der Waals surface area contributed by atoms with Gasteiger partial charge < -0.3 is 15.7 Å². The smallest absolute Gasteiger partial charge is 0.251 e. The van der Waals surface area contributed by atoms with E-state index in [1.54, 1.807) is 0 Å². The number of halogens is 1. The van der Waals surface area contributed by atoms with Crippen molar-refractivity contribution in [3.8, 4) is 0 Å². The first-order chi connectivity index (χ1) is 9.85. The monoisotopic (exact) mass is 296 g/mol. The number of nitrogens with one attached hydrogen (secondary N) is 2. The van der Waals surface area contributed by atoms with Crippen molar-refractivity contribution in [1.29, 1.82) is 0 Å². The fraction of sp³-hybridized carbons (Fsp3) is 0.467. The molecule has 1 rings (SSSR count). The number of carbonyl (C=O) groups excluding carboxylic acids is 2. The molecule has 0 bridgehead atoms. The average molecular weight is 296 g/mol. The second-order valence-corrected chi connectivity index (χ2v) is 5.21. The van der Waals surface area contributed by atoms with E-state index in [2.05, 4.69) is 10.6 Å². The molecule has 0 aliphatic heterocycles. The van der Waals surface area contributed by atoms with Gasteiger partial charge in [-0.1, -0.05) is 13.8 Å². The van der Waals surface area contributed by atoms with E-state index >= 15 is 0 Å². The van der Waals surface area contributed by atoms with Crippen LogP contribution in [0.15, 0.2) is 18.2 Å². The third-order valence-corrected chi connectivity index (χ3v) is 3.10. The Kier molecular flexibility index (Phi) is 6.30. The van der Waals surface area contributed by atoms with Gasteiger partial charge in [-0.05, 0) is 30.5 Å².